The van der Waals surface area contributed by atoms with E-state index in [-0.39, 0.29) is 6.61 Å². The number of aryl methyl sites for hydroxylation is 1. The Kier molecular flexibility index (Phi) is 6.60. The fourth-order valence-corrected chi connectivity index (χ4v) is 1.64. The van der Waals surface area contributed by atoms with Crippen molar-refractivity contribution in [1.29, 1.82) is 0 Å². The minimum absolute atomic E-state index is 0.106. The molecule has 19 heavy (non-hydrogen) atoms. The number of rotatable bonds is 8. The number of carbonyl (C=O) groups excluding carboxylic acids is 1. The SMILES string of the molecule is CCOCC(=O)NC(CCc1ccccc1)C(=O)O. The standard InChI is InChI=1S/C14H19NO4/c1-2-19-10-13(16)15-12(14(17)18)9-8-11-6-4-3-5-7-11/h3-7,12H,2,8-10H2,1H3,(H,15,16)(H,17,18). The van der Waals surface area contributed by atoms with Crippen LogP contribution in [0.3, 0.4) is 0 Å². The van der Waals surface area contributed by atoms with Gasteiger partial charge in [-0.05, 0) is 25.3 Å². The molecule has 1 aromatic rings. The van der Waals surface area contributed by atoms with Crippen molar-refractivity contribution in [3.63, 3.8) is 0 Å². The molecule has 2 N–H and O–H groups in total. The van der Waals surface area contributed by atoms with Crippen molar-refractivity contribution in [1.82, 2.24) is 5.32 Å². The van der Waals surface area contributed by atoms with Crippen LogP contribution in [-0.4, -0.2) is 36.2 Å². The van der Waals surface area contributed by atoms with Crippen molar-refractivity contribution in [2.24, 2.45) is 0 Å². The second-order valence-corrected chi connectivity index (χ2v) is 4.12. The fraction of sp³-hybridized carbons (Fsp3) is 0.429. The molecule has 0 fully saturated rings. The molecular formula is C14H19NO4. The van der Waals surface area contributed by atoms with Crippen LogP contribution in [0, 0.1) is 0 Å². The summed E-state index contributed by atoms with van der Waals surface area (Å²) in [5.74, 6) is -1.43. The van der Waals surface area contributed by atoms with Gasteiger partial charge < -0.3 is 15.2 Å². The van der Waals surface area contributed by atoms with Crippen LogP contribution in [0.2, 0.25) is 0 Å². The van der Waals surface area contributed by atoms with Crippen molar-refractivity contribution in [3.05, 3.63) is 35.9 Å². The summed E-state index contributed by atoms with van der Waals surface area (Å²) in [6, 6.07) is 8.69. The third-order valence-corrected chi connectivity index (χ3v) is 2.64. The van der Waals surface area contributed by atoms with Crippen LogP contribution in [0.15, 0.2) is 30.3 Å². The number of nitrogens with one attached hydrogen (secondary N) is 1. The van der Waals surface area contributed by atoms with Gasteiger partial charge in [-0.2, -0.15) is 0 Å². The summed E-state index contributed by atoms with van der Waals surface area (Å²) in [6.45, 7) is 2.10. The first-order chi connectivity index (χ1) is 9.13. The molecule has 0 spiro atoms. The van der Waals surface area contributed by atoms with E-state index >= 15 is 0 Å². The lowest BCUT2D eigenvalue weighted by molar-refractivity contribution is -0.142. The van der Waals surface area contributed by atoms with E-state index in [1.54, 1.807) is 6.92 Å². The molecule has 1 amide bonds. The maximum atomic E-state index is 11.4. The van der Waals surface area contributed by atoms with Crippen LogP contribution in [0.4, 0.5) is 0 Å². The van der Waals surface area contributed by atoms with Crippen LogP contribution < -0.4 is 5.32 Å². The number of carboxylic acid groups (broad SMARTS) is 1. The maximum absolute atomic E-state index is 11.4. The molecule has 1 unspecified atom stereocenters. The Bertz CT molecular complexity index is 405. The van der Waals surface area contributed by atoms with Crippen LogP contribution >= 0.6 is 0 Å². The van der Waals surface area contributed by atoms with Gasteiger partial charge in [-0.1, -0.05) is 30.3 Å². The van der Waals surface area contributed by atoms with E-state index in [0.29, 0.717) is 19.4 Å². The number of hydrogen-bond acceptors (Lipinski definition) is 3. The Morgan fingerprint density at radius 1 is 1.32 bits per heavy atom. The van der Waals surface area contributed by atoms with Crippen LogP contribution in [0.1, 0.15) is 18.9 Å². The molecule has 1 rings (SSSR count). The van der Waals surface area contributed by atoms with Gasteiger partial charge in [0.1, 0.15) is 12.6 Å². The second kappa shape index (κ2) is 8.26. The van der Waals surface area contributed by atoms with Crippen molar-refractivity contribution in [2.45, 2.75) is 25.8 Å². The molecule has 0 bridgehead atoms. The number of amides is 1. The van der Waals surface area contributed by atoms with Crippen molar-refractivity contribution < 1.29 is 19.4 Å². The number of carboxylic acids is 1. The molecule has 5 heteroatoms. The van der Waals surface area contributed by atoms with E-state index < -0.39 is 17.9 Å². The molecule has 104 valence electrons. The zero-order chi connectivity index (χ0) is 14.1. The largest absolute Gasteiger partial charge is 0.480 e. The lowest BCUT2D eigenvalue weighted by atomic mass is 10.1. The topological polar surface area (TPSA) is 75.6 Å². The van der Waals surface area contributed by atoms with E-state index in [1.807, 2.05) is 30.3 Å². The first kappa shape index (κ1) is 15.2. The summed E-state index contributed by atoms with van der Waals surface area (Å²) in [5, 5.41) is 11.5. The van der Waals surface area contributed by atoms with Gasteiger partial charge in [-0.3, -0.25) is 4.79 Å². The number of aliphatic carboxylic acids is 1. The van der Waals surface area contributed by atoms with Crippen LogP contribution in [-0.2, 0) is 20.7 Å². The van der Waals surface area contributed by atoms with Crippen molar-refractivity contribution in [3.8, 4) is 0 Å². The Morgan fingerprint density at radius 3 is 2.58 bits per heavy atom. The Hall–Kier alpha value is -1.88. The van der Waals surface area contributed by atoms with Gasteiger partial charge in [0.05, 0.1) is 0 Å². The first-order valence-corrected chi connectivity index (χ1v) is 6.27. The lowest BCUT2D eigenvalue weighted by Gasteiger charge is -2.14. The number of carbonyl (C=O) groups is 2. The molecule has 0 aliphatic rings. The molecule has 0 saturated carbocycles. The lowest BCUT2D eigenvalue weighted by Crippen LogP contribution is -2.42. The zero-order valence-corrected chi connectivity index (χ0v) is 11.0. The predicted molar refractivity (Wildman–Crippen MR) is 70.8 cm³/mol. The third-order valence-electron chi connectivity index (χ3n) is 2.64. The summed E-state index contributed by atoms with van der Waals surface area (Å²) in [4.78, 5) is 22.5. The summed E-state index contributed by atoms with van der Waals surface area (Å²) >= 11 is 0. The average Bonchev–Trinajstić information content (AvgIpc) is 2.42. The molecule has 0 radical (unpaired) electrons. The van der Waals surface area contributed by atoms with Crippen LogP contribution in [0.5, 0.6) is 0 Å². The normalized spacial score (nSPS) is 11.8. The van der Waals surface area contributed by atoms with Gasteiger partial charge in [0.2, 0.25) is 5.91 Å². The van der Waals surface area contributed by atoms with Gasteiger partial charge in [-0.25, -0.2) is 4.79 Å². The number of benzene rings is 1. The van der Waals surface area contributed by atoms with Crippen molar-refractivity contribution >= 4 is 11.9 Å². The van der Waals surface area contributed by atoms with Gasteiger partial charge in [-0.15, -0.1) is 0 Å². The fourth-order valence-electron chi connectivity index (χ4n) is 1.64. The highest BCUT2D eigenvalue weighted by Crippen LogP contribution is 2.05. The molecule has 1 aromatic carbocycles. The molecule has 0 aromatic heterocycles. The number of hydrogen-bond donors (Lipinski definition) is 2. The van der Waals surface area contributed by atoms with E-state index in [9.17, 15) is 9.59 Å². The van der Waals surface area contributed by atoms with Gasteiger partial charge in [0.25, 0.3) is 0 Å². The summed E-state index contributed by atoms with van der Waals surface area (Å²) < 4.78 is 4.93. The monoisotopic (exact) mass is 265 g/mol. The van der Waals surface area contributed by atoms with Gasteiger partial charge in [0.15, 0.2) is 0 Å². The van der Waals surface area contributed by atoms with E-state index in [4.69, 9.17) is 9.84 Å². The molecule has 1 atom stereocenters. The summed E-state index contributed by atoms with van der Waals surface area (Å²) in [7, 11) is 0. The third kappa shape index (κ3) is 6.01. The van der Waals surface area contributed by atoms with Gasteiger partial charge in [0, 0.05) is 6.61 Å². The highest BCUT2D eigenvalue weighted by molar-refractivity contribution is 5.84. The highest BCUT2D eigenvalue weighted by atomic mass is 16.5. The average molecular weight is 265 g/mol. The predicted octanol–water partition coefficient (Wildman–Crippen LogP) is 1.23. The molecule has 0 heterocycles. The molecule has 0 saturated heterocycles. The Balaban J connectivity index is 2.45. The minimum Gasteiger partial charge on any atom is -0.480 e. The zero-order valence-electron chi connectivity index (χ0n) is 11.0. The Morgan fingerprint density at radius 2 is 2.00 bits per heavy atom. The molecule has 0 aliphatic carbocycles. The highest BCUT2D eigenvalue weighted by Gasteiger charge is 2.19. The summed E-state index contributed by atoms with van der Waals surface area (Å²) in [6.07, 6.45) is 0.962. The second-order valence-electron chi connectivity index (χ2n) is 4.12. The van der Waals surface area contributed by atoms with Crippen molar-refractivity contribution in [2.75, 3.05) is 13.2 Å². The quantitative estimate of drug-likeness (QED) is 0.741. The minimum atomic E-state index is -1.03. The number of ether oxygens (including phenoxy) is 1. The molecular weight excluding hydrogens is 246 g/mol. The van der Waals surface area contributed by atoms with Gasteiger partial charge >= 0.3 is 5.97 Å². The van der Waals surface area contributed by atoms with E-state index in [1.165, 1.54) is 0 Å². The van der Waals surface area contributed by atoms with E-state index in [0.717, 1.165) is 5.56 Å². The first-order valence-electron chi connectivity index (χ1n) is 6.27. The maximum Gasteiger partial charge on any atom is 0.326 e. The Labute approximate surface area is 112 Å². The molecule has 0 aliphatic heterocycles. The smallest absolute Gasteiger partial charge is 0.326 e. The van der Waals surface area contributed by atoms with E-state index in [2.05, 4.69) is 5.32 Å². The summed E-state index contributed by atoms with van der Waals surface area (Å²) in [5.41, 5.74) is 1.05. The molecule has 5 nitrogen and oxygen atoms in total. The van der Waals surface area contributed by atoms with Crippen LogP contribution in [0.25, 0.3) is 0 Å².